The van der Waals surface area contributed by atoms with Gasteiger partial charge in [0.2, 0.25) is 0 Å². The van der Waals surface area contributed by atoms with Crippen LogP contribution in [0, 0.1) is 0 Å². The molecule has 0 bridgehead atoms. The van der Waals surface area contributed by atoms with Crippen LogP contribution in [0.1, 0.15) is 21.8 Å². The van der Waals surface area contributed by atoms with Crippen molar-refractivity contribution in [3.63, 3.8) is 0 Å². The number of ether oxygens (including phenoxy) is 2. The van der Waals surface area contributed by atoms with Gasteiger partial charge in [-0.25, -0.2) is 0 Å². The number of nitrogens with zero attached hydrogens (tertiary/aromatic N) is 2. The van der Waals surface area contributed by atoms with Crippen LogP contribution in [0.15, 0.2) is 60.8 Å². The molecule has 2 aliphatic rings. The maximum absolute atomic E-state index is 13.8. The Bertz CT molecular complexity index is 1030. The van der Waals surface area contributed by atoms with Crippen LogP contribution in [0.2, 0.25) is 25.7 Å². The molecule has 2 aromatic rings. The zero-order valence-electron chi connectivity index (χ0n) is 19.1. The van der Waals surface area contributed by atoms with Gasteiger partial charge in [0.1, 0.15) is 18.5 Å². The average Bonchev–Trinajstić information content (AvgIpc) is 3.20. The number of para-hydroxylation sites is 1. The molecule has 0 aliphatic carbocycles. The fourth-order valence-electron chi connectivity index (χ4n) is 4.12. The van der Waals surface area contributed by atoms with Gasteiger partial charge in [0.05, 0.1) is 18.4 Å². The van der Waals surface area contributed by atoms with Gasteiger partial charge in [-0.15, -0.1) is 0 Å². The van der Waals surface area contributed by atoms with Crippen molar-refractivity contribution in [1.82, 2.24) is 4.90 Å². The van der Waals surface area contributed by atoms with Gasteiger partial charge in [0.25, 0.3) is 11.8 Å². The third-order valence-electron chi connectivity index (χ3n) is 5.99. The van der Waals surface area contributed by atoms with Gasteiger partial charge in [0, 0.05) is 26.8 Å². The van der Waals surface area contributed by atoms with Gasteiger partial charge in [0.15, 0.2) is 0 Å². The summed E-state index contributed by atoms with van der Waals surface area (Å²) >= 11 is 0. The molecule has 2 atom stereocenters. The summed E-state index contributed by atoms with van der Waals surface area (Å²) in [5.41, 5.74) is 2.07. The molecule has 0 N–H and O–H groups in total. The van der Waals surface area contributed by atoms with Crippen molar-refractivity contribution < 1.29 is 19.1 Å². The topological polar surface area (TPSA) is 59.1 Å². The normalized spacial score (nSPS) is 20.2. The minimum absolute atomic E-state index is 0.132. The van der Waals surface area contributed by atoms with Crippen LogP contribution in [0.5, 0.6) is 5.75 Å². The van der Waals surface area contributed by atoms with E-state index in [1.54, 1.807) is 29.2 Å². The van der Waals surface area contributed by atoms with E-state index in [4.69, 9.17) is 9.47 Å². The Kier molecular flexibility index (Phi) is 6.21. The molecular formula is C25H30N2O4Si. The maximum atomic E-state index is 13.8. The first-order valence-electron chi connectivity index (χ1n) is 10.9. The minimum Gasteiger partial charge on any atom is -0.497 e. The second-order valence-electron chi connectivity index (χ2n) is 9.43. The number of anilines is 1. The Morgan fingerprint density at radius 3 is 2.41 bits per heavy atom. The molecule has 0 saturated heterocycles. The van der Waals surface area contributed by atoms with E-state index in [2.05, 4.69) is 19.6 Å². The SMILES string of the molecule is COc1ccc(C2C=CN3C(=O)c4ccccc4N(COCC[Si](C)(C)C)C(=O)C23)cc1. The maximum Gasteiger partial charge on any atom is 0.260 e. The number of carbonyl (C=O) groups is 2. The smallest absolute Gasteiger partial charge is 0.260 e. The molecule has 2 unspecified atom stereocenters. The van der Waals surface area contributed by atoms with Crippen LogP contribution in [0.3, 0.4) is 0 Å². The highest BCUT2D eigenvalue weighted by Gasteiger charge is 2.45. The van der Waals surface area contributed by atoms with Crippen molar-refractivity contribution >= 4 is 25.6 Å². The van der Waals surface area contributed by atoms with Crippen molar-refractivity contribution in [2.75, 3.05) is 25.3 Å². The summed E-state index contributed by atoms with van der Waals surface area (Å²) in [5.74, 6) is 0.203. The largest absolute Gasteiger partial charge is 0.497 e. The van der Waals surface area contributed by atoms with Crippen molar-refractivity contribution in [3.05, 3.63) is 71.9 Å². The molecule has 6 nitrogen and oxygen atoms in total. The third-order valence-corrected chi connectivity index (χ3v) is 7.69. The molecule has 2 aliphatic heterocycles. The quantitative estimate of drug-likeness (QED) is 0.461. The number of rotatable bonds is 7. The molecular weight excluding hydrogens is 420 g/mol. The summed E-state index contributed by atoms with van der Waals surface area (Å²) in [6, 6.07) is 15.3. The van der Waals surface area contributed by atoms with Crippen LogP contribution in [-0.2, 0) is 9.53 Å². The van der Waals surface area contributed by atoms with E-state index in [0.29, 0.717) is 17.9 Å². The van der Waals surface area contributed by atoms with Crippen molar-refractivity contribution in [2.24, 2.45) is 0 Å². The molecule has 0 saturated carbocycles. The summed E-state index contributed by atoms with van der Waals surface area (Å²) in [6.07, 6.45) is 3.67. The van der Waals surface area contributed by atoms with Crippen molar-refractivity contribution in [1.29, 1.82) is 0 Å². The fraction of sp³-hybridized carbons (Fsp3) is 0.360. The number of amides is 2. The Balaban J connectivity index is 1.65. The molecule has 2 aromatic carbocycles. The average molecular weight is 451 g/mol. The molecule has 32 heavy (non-hydrogen) atoms. The molecule has 2 amide bonds. The van der Waals surface area contributed by atoms with Crippen LogP contribution < -0.4 is 9.64 Å². The number of carbonyl (C=O) groups excluding carboxylic acids is 2. The van der Waals surface area contributed by atoms with Gasteiger partial charge in [-0.05, 0) is 35.9 Å². The molecule has 7 heteroatoms. The third kappa shape index (κ3) is 4.35. The van der Waals surface area contributed by atoms with Gasteiger partial charge < -0.3 is 14.4 Å². The van der Waals surface area contributed by atoms with E-state index in [1.165, 1.54) is 0 Å². The highest BCUT2D eigenvalue weighted by molar-refractivity contribution is 6.76. The van der Waals surface area contributed by atoms with Crippen LogP contribution in [-0.4, -0.2) is 51.3 Å². The Morgan fingerprint density at radius 2 is 1.72 bits per heavy atom. The second-order valence-corrected chi connectivity index (χ2v) is 15.1. The van der Waals surface area contributed by atoms with Crippen LogP contribution >= 0.6 is 0 Å². The summed E-state index contributed by atoms with van der Waals surface area (Å²) in [5, 5.41) is 0. The number of hydrogen-bond donors (Lipinski definition) is 0. The predicted molar refractivity (Wildman–Crippen MR) is 128 cm³/mol. The zero-order chi connectivity index (χ0) is 22.9. The highest BCUT2D eigenvalue weighted by atomic mass is 28.3. The minimum atomic E-state index is -1.25. The zero-order valence-corrected chi connectivity index (χ0v) is 20.1. The molecule has 2 heterocycles. The predicted octanol–water partition coefficient (Wildman–Crippen LogP) is 4.48. The monoisotopic (exact) mass is 450 g/mol. The molecule has 168 valence electrons. The summed E-state index contributed by atoms with van der Waals surface area (Å²) < 4.78 is 11.2. The summed E-state index contributed by atoms with van der Waals surface area (Å²) in [7, 11) is 0.373. The number of hydrogen-bond acceptors (Lipinski definition) is 4. The highest BCUT2D eigenvalue weighted by Crippen LogP contribution is 2.38. The van der Waals surface area contributed by atoms with Gasteiger partial charge >= 0.3 is 0 Å². The second kappa shape index (κ2) is 8.92. The van der Waals surface area contributed by atoms with Crippen LogP contribution in [0.4, 0.5) is 5.69 Å². The number of methoxy groups -OCH3 is 1. The van der Waals surface area contributed by atoms with Gasteiger partial charge in [-0.2, -0.15) is 0 Å². The first kappa shape index (κ1) is 22.3. The van der Waals surface area contributed by atoms with Gasteiger partial charge in [-0.1, -0.05) is 50.0 Å². The van der Waals surface area contributed by atoms with Crippen molar-refractivity contribution in [3.8, 4) is 5.75 Å². The Morgan fingerprint density at radius 1 is 1.00 bits per heavy atom. The van der Waals surface area contributed by atoms with E-state index in [9.17, 15) is 9.59 Å². The fourth-order valence-corrected chi connectivity index (χ4v) is 4.87. The Labute approximate surface area is 190 Å². The lowest BCUT2D eigenvalue weighted by atomic mass is 9.92. The standard InChI is InChI=1S/C25H30N2O4Si/c1-30-19-11-9-18(10-12-19)20-13-14-26-23(20)25(29)27(17-31-15-16-32(2,3)4)22-8-6-5-7-21(22)24(26)28/h5-14,20,23H,15-17H2,1-4H3. The van der Waals surface area contributed by atoms with Gasteiger partial charge in [-0.3, -0.25) is 14.5 Å². The van der Waals surface area contributed by atoms with E-state index >= 15 is 0 Å². The lowest BCUT2D eigenvalue weighted by Gasteiger charge is -2.29. The first-order valence-corrected chi connectivity index (χ1v) is 14.6. The molecule has 0 fully saturated rings. The van der Waals surface area contributed by atoms with Crippen molar-refractivity contribution in [2.45, 2.75) is 37.6 Å². The first-order chi connectivity index (χ1) is 15.3. The molecule has 0 spiro atoms. The van der Waals surface area contributed by atoms with E-state index in [0.717, 1.165) is 17.4 Å². The number of fused-ring (bicyclic) bond motifs is 2. The lowest BCUT2D eigenvalue weighted by molar-refractivity contribution is -0.123. The van der Waals surface area contributed by atoms with Crippen LogP contribution in [0.25, 0.3) is 0 Å². The number of benzene rings is 2. The lowest BCUT2D eigenvalue weighted by Crippen LogP contribution is -2.47. The Hall–Kier alpha value is -2.90. The molecule has 4 rings (SSSR count). The molecule has 0 aromatic heterocycles. The summed E-state index contributed by atoms with van der Waals surface area (Å²) in [6.45, 7) is 7.62. The van der Waals surface area contributed by atoms with E-state index < -0.39 is 14.1 Å². The van der Waals surface area contributed by atoms with E-state index in [1.807, 2.05) is 48.5 Å². The van der Waals surface area contributed by atoms with E-state index in [-0.39, 0.29) is 24.5 Å². The molecule has 0 radical (unpaired) electrons. The summed E-state index contributed by atoms with van der Waals surface area (Å²) in [4.78, 5) is 30.4.